The molecule has 104 valence electrons. The van der Waals surface area contributed by atoms with E-state index in [1.54, 1.807) is 7.11 Å². The van der Waals surface area contributed by atoms with Crippen LogP contribution in [0.2, 0.25) is 0 Å². The summed E-state index contributed by atoms with van der Waals surface area (Å²) in [6.07, 6.45) is 4.64. The number of ether oxygens (including phenoxy) is 1. The fourth-order valence-electron chi connectivity index (χ4n) is 1.99. The number of unbranched alkanes of at least 4 members (excludes halogenated alkanes) is 2. The molecular formula is C13H30N2O2. The predicted molar refractivity (Wildman–Crippen MR) is 72.1 cm³/mol. The van der Waals surface area contributed by atoms with Crippen LogP contribution < -0.4 is 5.73 Å². The second kappa shape index (κ2) is 11.0. The Bertz CT molecular complexity index is 159. The van der Waals surface area contributed by atoms with Gasteiger partial charge in [0.2, 0.25) is 0 Å². The number of aliphatic hydroxyl groups excluding tert-OH is 1. The van der Waals surface area contributed by atoms with Crippen molar-refractivity contribution in [2.24, 2.45) is 5.73 Å². The summed E-state index contributed by atoms with van der Waals surface area (Å²) in [5, 5.41) is 9.51. The van der Waals surface area contributed by atoms with Crippen LogP contribution in [-0.2, 0) is 4.74 Å². The largest absolute Gasteiger partial charge is 0.395 e. The number of nitrogens with zero attached hydrogens (tertiary/aromatic N) is 1. The Morgan fingerprint density at radius 2 is 1.71 bits per heavy atom. The molecule has 0 amide bonds. The number of hydrogen-bond acceptors (Lipinski definition) is 4. The highest BCUT2D eigenvalue weighted by Crippen LogP contribution is 2.08. The van der Waals surface area contributed by atoms with Crippen molar-refractivity contribution in [1.82, 2.24) is 4.90 Å². The summed E-state index contributed by atoms with van der Waals surface area (Å²) in [7, 11) is 1.65. The monoisotopic (exact) mass is 246 g/mol. The van der Waals surface area contributed by atoms with Gasteiger partial charge < -0.3 is 15.6 Å². The minimum Gasteiger partial charge on any atom is -0.395 e. The van der Waals surface area contributed by atoms with Gasteiger partial charge in [-0.15, -0.1) is 0 Å². The van der Waals surface area contributed by atoms with E-state index in [2.05, 4.69) is 18.7 Å². The first-order chi connectivity index (χ1) is 8.21. The zero-order valence-corrected chi connectivity index (χ0v) is 11.7. The predicted octanol–water partition coefficient (Wildman–Crippen LogP) is 1.22. The minimum atomic E-state index is -0.112. The van der Waals surface area contributed by atoms with Gasteiger partial charge in [-0.25, -0.2) is 0 Å². The van der Waals surface area contributed by atoms with Crippen molar-refractivity contribution in [2.45, 2.75) is 51.6 Å². The van der Waals surface area contributed by atoms with E-state index in [0.29, 0.717) is 6.61 Å². The SMILES string of the molecule is CCCCN(CCCC)C(CO)C(N)COC. The fraction of sp³-hybridized carbons (Fsp3) is 1.00. The lowest BCUT2D eigenvalue weighted by molar-refractivity contribution is 0.0685. The summed E-state index contributed by atoms with van der Waals surface area (Å²) in [5.41, 5.74) is 6.06. The molecule has 0 aromatic carbocycles. The summed E-state index contributed by atoms with van der Waals surface area (Å²) < 4.78 is 5.08. The van der Waals surface area contributed by atoms with E-state index >= 15 is 0 Å². The van der Waals surface area contributed by atoms with Gasteiger partial charge in [-0.3, -0.25) is 4.90 Å². The van der Waals surface area contributed by atoms with E-state index in [1.165, 1.54) is 12.8 Å². The number of rotatable bonds is 11. The van der Waals surface area contributed by atoms with Crippen LogP contribution >= 0.6 is 0 Å². The second-order valence-corrected chi connectivity index (χ2v) is 4.61. The molecule has 0 bridgehead atoms. The first-order valence-electron chi connectivity index (χ1n) is 6.80. The van der Waals surface area contributed by atoms with Gasteiger partial charge in [0.25, 0.3) is 0 Å². The molecule has 0 fully saturated rings. The van der Waals surface area contributed by atoms with Gasteiger partial charge in [-0.1, -0.05) is 26.7 Å². The van der Waals surface area contributed by atoms with Gasteiger partial charge in [-0.2, -0.15) is 0 Å². The van der Waals surface area contributed by atoms with Crippen molar-refractivity contribution in [3.63, 3.8) is 0 Å². The van der Waals surface area contributed by atoms with Crippen molar-refractivity contribution >= 4 is 0 Å². The topological polar surface area (TPSA) is 58.7 Å². The third-order valence-corrected chi connectivity index (χ3v) is 3.11. The maximum absolute atomic E-state index is 9.51. The molecule has 0 saturated carbocycles. The Hall–Kier alpha value is -0.160. The third kappa shape index (κ3) is 6.99. The van der Waals surface area contributed by atoms with Crippen LogP contribution in [0.25, 0.3) is 0 Å². The quantitative estimate of drug-likeness (QED) is 0.575. The molecular weight excluding hydrogens is 216 g/mol. The van der Waals surface area contributed by atoms with Crippen molar-refractivity contribution < 1.29 is 9.84 Å². The van der Waals surface area contributed by atoms with Gasteiger partial charge >= 0.3 is 0 Å². The summed E-state index contributed by atoms with van der Waals surface area (Å²) in [5.74, 6) is 0. The van der Waals surface area contributed by atoms with E-state index < -0.39 is 0 Å². The molecule has 2 atom stereocenters. The molecule has 0 heterocycles. The molecule has 0 spiro atoms. The van der Waals surface area contributed by atoms with E-state index in [1.807, 2.05) is 0 Å². The standard InChI is InChI=1S/C13H30N2O2/c1-4-6-8-15(9-7-5-2)13(10-16)12(14)11-17-3/h12-13,16H,4-11,14H2,1-3H3. The zero-order valence-electron chi connectivity index (χ0n) is 11.7. The molecule has 0 saturated heterocycles. The Morgan fingerprint density at radius 1 is 1.18 bits per heavy atom. The van der Waals surface area contributed by atoms with Gasteiger partial charge in [0.15, 0.2) is 0 Å². The highest BCUT2D eigenvalue weighted by molar-refractivity contribution is 4.81. The van der Waals surface area contributed by atoms with Crippen LogP contribution in [0.15, 0.2) is 0 Å². The molecule has 0 radical (unpaired) electrons. The molecule has 2 unspecified atom stereocenters. The van der Waals surface area contributed by atoms with Crippen LogP contribution in [0, 0.1) is 0 Å². The lowest BCUT2D eigenvalue weighted by Crippen LogP contribution is -2.52. The maximum Gasteiger partial charge on any atom is 0.0629 e. The minimum absolute atomic E-state index is 0.0213. The summed E-state index contributed by atoms with van der Waals surface area (Å²) in [6.45, 7) is 7.00. The number of nitrogens with two attached hydrogens (primary N) is 1. The lowest BCUT2D eigenvalue weighted by Gasteiger charge is -2.34. The van der Waals surface area contributed by atoms with Gasteiger partial charge in [0.05, 0.1) is 19.3 Å². The Labute approximate surface area is 106 Å². The van der Waals surface area contributed by atoms with Crippen LogP contribution in [0.3, 0.4) is 0 Å². The average Bonchev–Trinajstić information content (AvgIpc) is 2.33. The van der Waals surface area contributed by atoms with Crippen molar-refractivity contribution in [3.05, 3.63) is 0 Å². The van der Waals surface area contributed by atoms with Crippen molar-refractivity contribution in [2.75, 3.05) is 33.4 Å². The smallest absolute Gasteiger partial charge is 0.0629 e. The molecule has 4 heteroatoms. The first-order valence-corrected chi connectivity index (χ1v) is 6.80. The number of methoxy groups -OCH3 is 1. The lowest BCUT2D eigenvalue weighted by atomic mass is 10.1. The molecule has 0 rings (SSSR count). The Morgan fingerprint density at radius 3 is 2.06 bits per heavy atom. The molecule has 0 aliphatic heterocycles. The van der Waals surface area contributed by atoms with Gasteiger partial charge in [-0.05, 0) is 25.9 Å². The van der Waals surface area contributed by atoms with E-state index in [-0.39, 0.29) is 18.7 Å². The molecule has 17 heavy (non-hydrogen) atoms. The van der Waals surface area contributed by atoms with E-state index in [4.69, 9.17) is 10.5 Å². The Kier molecular flexibility index (Phi) is 10.9. The fourth-order valence-corrected chi connectivity index (χ4v) is 1.99. The third-order valence-electron chi connectivity index (χ3n) is 3.11. The highest BCUT2D eigenvalue weighted by atomic mass is 16.5. The number of aliphatic hydroxyl groups is 1. The van der Waals surface area contributed by atoms with Crippen molar-refractivity contribution in [1.29, 1.82) is 0 Å². The molecule has 0 aliphatic rings. The molecule has 4 nitrogen and oxygen atoms in total. The summed E-state index contributed by atoms with van der Waals surface area (Å²) in [4.78, 5) is 2.32. The van der Waals surface area contributed by atoms with Crippen LogP contribution in [0.4, 0.5) is 0 Å². The molecule has 3 N–H and O–H groups in total. The second-order valence-electron chi connectivity index (χ2n) is 4.61. The van der Waals surface area contributed by atoms with Crippen LogP contribution in [0.1, 0.15) is 39.5 Å². The average molecular weight is 246 g/mol. The zero-order chi connectivity index (χ0) is 13.1. The highest BCUT2D eigenvalue weighted by Gasteiger charge is 2.23. The van der Waals surface area contributed by atoms with E-state index in [9.17, 15) is 5.11 Å². The maximum atomic E-state index is 9.51. The summed E-state index contributed by atoms with van der Waals surface area (Å²) in [6, 6.07) is -0.0910. The Balaban J connectivity index is 4.35. The van der Waals surface area contributed by atoms with Gasteiger partial charge in [0.1, 0.15) is 0 Å². The van der Waals surface area contributed by atoms with Crippen molar-refractivity contribution in [3.8, 4) is 0 Å². The van der Waals surface area contributed by atoms with Crippen LogP contribution in [-0.4, -0.2) is 55.5 Å². The van der Waals surface area contributed by atoms with Crippen LogP contribution in [0.5, 0.6) is 0 Å². The first kappa shape index (κ1) is 16.8. The summed E-state index contributed by atoms with van der Waals surface area (Å²) >= 11 is 0. The number of hydrogen-bond donors (Lipinski definition) is 2. The van der Waals surface area contributed by atoms with Gasteiger partial charge in [0, 0.05) is 13.2 Å². The normalized spacial score (nSPS) is 15.2. The van der Waals surface area contributed by atoms with E-state index in [0.717, 1.165) is 25.9 Å². The molecule has 0 aromatic rings. The molecule has 0 aromatic heterocycles. The molecule has 0 aliphatic carbocycles.